The van der Waals surface area contributed by atoms with Gasteiger partial charge in [0.1, 0.15) is 11.9 Å². The van der Waals surface area contributed by atoms with E-state index in [1.54, 1.807) is 42.5 Å². The zero-order chi connectivity index (χ0) is 28.4. The molecule has 13 heteroatoms. The molecule has 0 fully saturated rings. The minimum Gasteiger partial charge on any atom is -0.438 e. The molecule has 0 spiro atoms. The van der Waals surface area contributed by atoms with Crippen LogP contribution in [0.15, 0.2) is 99.4 Å². The molecule has 0 atom stereocenters. The number of alkyl halides is 3. The van der Waals surface area contributed by atoms with Crippen molar-refractivity contribution in [2.24, 2.45) is 5.10 Å². The Morgan fingerprint density at radius 3 is 2.55 bits per heavy atom. The van der Waals surface area contributed by atoms with Gasteiger partial charge in [0.15, 0.2) is 5.82 Å². The molecule has 2 heterocycles. The Labute approximate surface area is 231 Å². The molecule has 5 rings (SSSR count). The molecule has 0 saturated carbocycles. The van der Waals surface area contributed by atoms with Crippen molar-refractivity contribution in [3.63, 3.8) is 0 Å². The standard InChI is InChI=1S/C27H15BrF3N5O4/c28-19-8-10-23(40-24-11-9-20(15-32-24)36(38)39)17(13-19)14-33-35-25(16-4-3-5-18(12-16)27(29,30)31)34-22-7-2-1-6-21(22)26(35)37/h1-15H. The molecule has 9 nitrogen and oxygen atoms in total. The molecule has 0 radical (unpaired) electrons. The van der Waals surface area contributed by atoms with Crippen molar-refractivity contribution in [2.45, 2.75) is 6.18 Å². The van der Waals surface area contributed by atoms with Crippen LogP contribution in [0.2, 0.25) is 0 Å². The van der Waals surface area contributed by atoms with Crippen molar-refractivity contribution in [3.05, 3.63) is 121 Å². The Morgan fingerprint density at radius 1 is 1.02 bits per heavy atom. The number of rotatable bonds is 6. The molecule has 3 aromatic carbocycles. The van der Waals surface area contributed by atoms with Crippen molar-refractivity contribution in [3.8, 4) is 23.0 Å². The van der Waals surface area contributed by atoms with Crippen LogP contribution in [0, 0.1) is 10.1 Å². The maximum absolute atomic E-state index is 13.4. The van der Waals surface area contributed by atoms with E-state index in [1.807, 2.05) is 0 Å². The minimum absolute atomic E-state index is 0.0376. The summed E-state index contributed by atoms with van der Waals surface area (Å²) < 4.78 is 47.6. The van der Waals surface area contributed by atoms with Gasteiger partial charge in [0, 0.05) is 27.7 Å². The SMILES string of the molecule is O=c1c2ccccc2nc(-c2cccc(C(F)(F)F)c2)n1N=Cc1cc(Br)ccc1Oc1ccc([N+](=O)[O-])cn1. The number of ether oxygens (including phenoxy) is 1. The van der Waals surface area contributed by atoms with E-state index in [0.29, 0.717) is 15.6 Å². The van der Waals surface area contributed by atoms with E-state index in [1.165, 1.54) is 30.5 Å². The van der Waals surface area contributed by atoms with Gasteiger partial charge in [-0.15, -0.1) is 0 Å². The largest absolute Gasteiger partial charge is 0.438 e. The van der Waals surface area contributed by atoms with Crippen LogP contribution in [0.3, 0.4) is 0 Å². The fourth-order valence-corrected chi connectivity index (χ4v) is 4.12. The highest BCUT2D eigenvalue weighted by molar-refractivity contribution is 9.10. The van der Waals surface area contributed by atoms with Crippen LogP contribution in [-0.2, 0) is 6.18 Å². The average molecular weight is 610 g/mol. The number of nitrogens with zero attached hydrogens (tertiary/aromatic N) is 5. The molecule has 0 amide bonds. The number of halogens is 4. The molecule has 0 bridgehead atoms. The third kappa shape index (κ3) is 5.59. The first-order valence-electron chi connectivity index (χ1n) is 11.4. The summed E-state index contributed by atoms with van der Waals surface area (Å²) in [4.78, 5) is 32.1. The first kappa shape index (κ1) is 26.7. The highest BCUT2D eigenvalue weighted by Gasteiger charge is 2.31. The van der Waals surface area contributed by atoms with Gasteiger partial charge in [0.05, 0.1) is 27.6 Å². The Hall–Kier alpha value is -4.91. The third-order valence-corrected chi connectivity index (χ3v) is 6.13. The second-order valence-corrected chi connectivity index (χ2v) is 9.20. The zero-order valence-corrected chi connectivity index (χ0v) is 21.6. The van der Waals surface area contributed by atoms with Gasteiger partial charge < -0.3 is 4.74 Å². The lowest BCUT2D eigenvalue weighted by molar-refractivity contribution is -0.385. The van der Waals surface area contributed by atoms with E-state index in [4.69, 9.17) is 4.74 Å². The van der Waals surface area contributed by atoms with Crippen LogP contribution >= 0.6 is 15.9 Å². The summed E-state index contributed by atoms with van der Waals surface area (Å²) in [7, 11) is 0. The topological polar surface area (TPSA) is 113 Å². The Morgan fingerprint density at radius 2 is 1.82 bits per heavy atom. The van der Waals surface area contributed by atoms with Crippen LogP contribution < -0.4 is 10.3 Å². The third-order valence-electron chi connectivity index (χ3n) is 5.63. The van der Waals surface area contributed by atoms with Crippen molar-refractivity contribution in [1.82, 2.24) is 14.6 Å². The molecule has 200 valence electrons. The molecule has 5 aromatic rings. The number of fused-ring (bicyclic) bond motifs is 1. The van der Waals surface area contributed by atoms with Crippen molar-refractivity contribution in [2.75, 3.05) is 0 Å². The molecule has 0 unspecified atom stereocenters. The smallest absolute Gasteiger partial charge is 0.416 e. The summed E-state index contributed by atoms with van der Waals surface area (Å²) in [5, 5.41) is 15.4. The molecule has 0 N–H and O–H groups in total. The number of nitro groups is 1. The molecular weight excluding hydrogens is 595 g/mol. The fraction of sp³-hybridized carbons (Fsp3) is 0.0370. The molecule has 0 aliphatic rings. The van der Waals surface area contributed by atoms with E-state index in [2.05, 4.69) is 31.0 Å². The molecule has 0 aliphatic carbocycles. The van der Waals surface area contributed by atoms with Crippen molar-refractivity contribution < 1.29 is 22.8 Å². The Bertz CT molecular complexity index is 1840. The van der Waals surface area contributed by atoms with E-state index in [0.717, 1.165) is 23.0 Å². The maximum Gasteiger partial charge on any atom is 0.416 e. The summed E-state index contributed by atoms with van der Waals surface area (Å²) in [6.45, 7) is 0. The first-order valence-corrected chi connectivity index (χ1v) is 12.2. The first-order chi connectivity index (χ1) is 19.1. The number of para-hydroxylation sites is 1. The predicted molar refractivity (Wildman–Crippen MR) is 145 cm³/mol. The molecule has 2 aromatic heterocycles. The lowest BCUT2D eigenvalue weighted by Crippen LogP contribution is -2.20. The summed E-state index contributed by atoms with van der Waals surface area (Å²) in [5.41, 5.74) is -1.01. The van der Waals surface area contributed by atoms with Crippen molar-refractivity contribution in [1.29, 1.82) is 0 Å². The Balaban J connectivity index is 1.61. The van der Waals surface area contributed by atoms with E-state index >= 15 is 0 Å². The van der Waals surface area contributed by atoms with Gasteiger partial charge in [0.25, 0.3) is 11.2 Å². The lowest BCUT2D eigenvalue weighted by atomic mass is 10.1. The Kier molecular flexibility index (Phi) is 7.13. The minimum atomic E-state index is -4.60. The van der Waals surface area contributed by atoms with Crippen LogP contribution in [0.4, 0.5) is 18.9 Å². The molecule has 0 aliphatic heterocycles. The van der Waals surface area contributed by atoms with Gasteiger partial charge in [-0.2, -0.15) is 22.9 Å². The summed E-state index contributed by atoms with van der Waals surface area (Å²) in [5.74, 6) is 0.216. The second-order valence-electron chi connectivity index (χ2n) is 8.29. The summed E-state index contributed by atoms with van der Waals surface area (Å²) in [6.07, 6.45) is -2.26. The van der Waals surface area contributed by atoms with E-state index in [-0.39, 0.29) is 34.1 Å². The fourth-order valence-electron chi connectivity index (χ4n) is 3.74. The maximum atomic E-state index is 13.4. The molecular formula is C27H15BrF3N5O4. The quantitative estimate of drug-likeness (QED) is 0.119. The summed E-state index contributed by atoms with van der Waals surface area (Å²) >= 11 is 3.36. The summed E-state index contributed by atoms with van der Waals surface area (Å²) in [6, 6.07) is 18.3. The number of benzene rings is 3. The predicted octanol–water partition coefficient (Wildman–Crippen LogP) is 6.82. The normalized spacial score (nSPS) is 11.7. The zero-order valence-electron chi connectivity index (χ0n) is 20.0. The number of hydrogen-bond donors (Lipinski definition) is 0. The van der Waals surface area contributed by atoms with E-state index < -0.39 is 22.2 Å². The van der Waals surface area contributed by atoms with Gasteiger partial charge in [-0.05, 0) is 42.5 Å². The number of pyridine rings is 1. The average Bonchev–Trinajstić information content (AvgIpc) is 2.93. The molecule has 0 saturated heterocycles. The van der Waals surface area contributed by atoms with Crippen LogP contribution in [0.25, 0.3) is 22.3 Å². The highest BCUT2D eigenvalue weighted by Crippen LogP contribution is 2.32. The van der Waals surface area contributed by atoms with Gasteiger partial charge in [0.2, 0.25) is 5.88 Å². The van der Waals surface area contributed by atoms with Crippen LogP contribution in [-0.4, -0.2) is 25.8 Å². The van der Waals surface area contributed by atoms with Gasteiger partial charge in [-0.1, -0.05) is 40.2 Å². The van der Waals surface area contributed by atoms with Gasteiger partial charge in [-0.25, -0.2) is 9.97 Å². The van der Waals surface area contributed by atoms with E-state index in [9.17, 15) is 28.1 Å². The molecule has 40 heavy (non-hydrogen) atoms. The monoisotopic (exact) mass is 609 g/mol. The lowest BCUT2D eigenvalue weighted by Gasteiger charge is -2.12. The van der Waals surface area contributed by atoms with Gasteiger partial charge in [-0.3, -0.25) is 14.9 Å². The van der Waals surface area contributed by atoms with Gasteiger partial charge >= 0.3 is 6.18 Å². The van der Waals surface area contributed by atoms with Crippen LogP contribution in [0.1, 0.15) is 11.1 Å². The number of aromatic nitrogens is 3. The van der Waals surface area contributed by atoms with Crippen molar-refractivity contribution >= 4 is 38.7 Å². The second kappa shape index (κ2) is 10.7. The number of hydrogen-bond acceptors (Lipinski definition) is 7. The van der Waals surface area contributed by atoms with Crippen LogP contribution in [0.5, 0.6) is 11.6 Å². The highest BCUT2D eigenvalue weighted by atomic mass is 79.9.